The Labute approximate surface area is 170 Å². The van der Waals surface area contributed by atoms with E-state index in [9.17, 15) is 13.2 Å². The van der Waals surface area contributed by atoms with Crippen LogP contribution in [0.1, 0.15) is 31.2 Å². The third kappa shape index (κ3) is 3.76. The molecule has 152 valence electrons. The molecule has 8 heteroatoms. The van der Waals surface area contributed by atoms with Gasteiger partial charge in [-0.25, -0.2) is 18.4 Å². The van der Waals surface area contributed by atoms with Gasteiger partial charge in [0.1, 0.15) is 5.52 Å². The van der Waals surface area contributed by atoms with Crippen molar-refractivity contribution in [2.75, 3.05) is 11.9 Å². The predicted molar refractivity (Wildman–Crippen MR) is 111 cm³/mol. The van der Waals surface area contributed by atoms with Crippen LogP contribution in [0.3, 0.4) is 0 Å². The van der Waals surface area contributed by atoms with Gasteiger partial charge >= 0.3 is 0 Å². The van der Waals surface area contributed by atoms with E-state index in [1.807, 2.05) is 19.1 Å². The number of nitrogens with zero attached hydrogens (tertiary/aromatic N) is 3. The van der Waals surface area contributed by atoms with Crippen LogP contribution in [0.25, 0.3) is 11.2 Å². The Morgan fingerprint density at radius 3 is 2.69 bits per heavy atom. The van der Waals surface area contributed by atoms with Gasteiger partial charge in [0.25, 0.3) is 0 Å². The second kappa shape index (κ2) is 7.59. The quantitative estimate of drug-likeness (QED) is 0.709. The lowest BCUT2D eigenvalue weighted by molar-refractivity contribution is -0.123. The summed E-state index contributed by atoms with van der Waals surface area (Å²) in [4.78, 5) is 26.6. The number of sulfone groups is 1. The number of benzene rings is 1. The van der Waals surface area contributed by atoms with Crippen LogP contribution < -0.4 is 4.90 Å². The summed E-state index contributed by atoms with van der Waals surface area (Å²) in [6, 6.07) is 8.73. The van der Waals surface area contributed by atoms with Crippen LogP contribution in [0.2, 0.25) is 0 Å². The number of aromatic nitrogens is 3. The van der Waals surface area contributed by atoms with Gasteiger partial charge in [-0.2, -0.15) is 0 Å². The zero-order valence-electron chi connectivity index (χ0n) is 16.5. The van der Waals surface area contributed by atoms with E-state index in [2.05, 4.69) is 15.0 Å². The molecule has 2 heterocycles. The highest BCUT2D eigenvalue weighted by atomic mass is 32.2. The molecule has 0 aliphatic heterocycles. The second-order valence-electron chi connectivity index (χ2n) is 7.68. The lowest BCUT2D eigenvalue weighted by Gasteiger charge is -2.30. The molecule has 4 rings (SSSR count). The van der Waals surface area contributed by atoms with Crippen molar-refractivity contribution >= 4 is 32.7 Å². The average Bonchev–Trinajstić information content (AvgIpc) is 3.21. The molecule has 1 amide bonds. The molecule has 0 saturated heterocycles. The minimum Gasteiger partial charge on any atom is -0.345 e. The van der Waals surface area contributed by atoms with E-state index in [0.717, 1.165) is 5.56 Å². The summed E-state index contributed by atoms with van der Waals surface area (Å²) in [5.74, 6) is 0.00584. The van der Waals surface area contributed by atoms with Crippen LogP contribution in [0, 0.1) is 12.8 Å². The van der Waals surface area contributed by atoms with Gasteiger partial charge in [0.2, 0.25) is 5.91 Å². The van der Waals surface area contributed by atoms with Gasteiger partial charge in [0, 0.05) is 19.2 Å². The first-order chi connectivity index (χ1) is 13.9. The van der Waals surface area contributed by atoms with Gasteiger partial charge in [-0.15, -0.1) is 0 Å². The fraction of sp³-hybridized carbons (Fsp3) is 0.381. The van der Waals surface area contributed by atoms with Crippen molar-refractivity contribution in [1.82, 2.24) is 15.0 Å². The molecule has 7 nitrogen and oxygen atoms in total. The molecule has 3 aromatic rings. The number of H-pyrrole nitrogens is 1. The third-order valence-corrected chi connectivity index (χ3v) is 7.92. The summed E-state index contributed by atoms with van der Waals surface area (Å²) < 4.78 is 26.1. The molecule has 1 fully saturated rings. The molecule has 0 radical (unpaired) electrons. The number of hydrogen-bond acceptors (Lipinski definition) is 5. The van der Waals surface area contributed by atoms with Gasteiger partial charge in [-0.1, -0.05) is 24.1 Å². The molecule has 2 unspecified atom stereocenters. The molecule has 1 N–H and O–H groups in total. The first kappa shape index (κ1) is 19.6. The zero-order chi connectivity index (χ0) is 20.6. The fourth-order valence-electron chi connectivity index (χ4n) is 3.94. The Kier molecular flexibility index (Phi) is 5.12. The van der Waals surface area contributed by atoms with Crippen LogP contribution >= 0.6 is 0 Å². The summed E-state index contributed by atoms with van der Waals surface area (Å²) in [5.41, 5.74) is 2.37. The van der Waals surface area contributed by atoms with Gasteiger partial charge in [0.05, 0.1) is 16.3 Å². The minimum atomic E-state index is -3.46. The Morgan fingerprint density at radius 2 is 1.93 bits per heavy atom. The summed E-state index contributed by atoms with van der Waals surface area (Å²) in [6.45, 7) is 1.93. The number of carbonyl (C=O) groups is 1. The topological polar surface area (TPSA) is 96.0 Å². The molecule has 0 spiro atoms. The highest BCUT2D eigenvalue weighted by Crippen LogP contribution is 2.33. The summed E-state index contributed by atoms with van der Waals surface area (Å²) >= 11 is 0. The Balaban J connectivity index is 1.52. The molecule has 2 aromatic heterocycles. The second-order valence-corrected chi connectivity index (χ2v) is 9.91. The molecule has 29 heavy (non-hydrogen) atoms. The smallest absolute Gasteiger partial charge is 0.231 e. The highest BCUT2D eigenvalue weighted by Gasteiger charge is 2.37. The van der Waals surface area contributed by atoms with Crippen LogP contribution in [0.4, 0.5) is 5.82 Å². The highest BCUT2D eigenvalue weighted by molar-refractivity contribution is 7.92. The van der Waals surface area contributed by atoms with E-state index >= 15 is 0 Å². The van der Waals surface area contributed by atoms with Crippen LogP contribution in [-0.4, -0.2) is 41.6 Å². The van der Waals surface area contributed by atoms with E-state index in [1.54, 1.807) is 37.6 Å². The molecule has 1 saturated carbocycles. The largest absolute Gasteiger partial charge is 0.345 e. The maximum Gasteiger partial charge on any atom is 0.231 e. The Morgan fingerprint density at radius 1 is 1.17 bits per heavy atom. The first-order valence-electron chi connectivity index (χ1n) is 9.74. The fourth-order valence-corrected chi connectivity index (χ4v) is 5.80. The van der Waals surface area contributed by atoms with Crippen molar-refractivity contribution in [2.24, 2.45) is 5.92 Å². The van der Waals surface area contributed by atoms with Gasteiger partial charge in [-0.3, -0.25) is 9.69 Å². The average molecular weight is 413 g/mol. The lowest BCUT2D eigenvalue weighted by Crippen LogP contribution is -2.39. The monoisotopic (exact) mass is 412 g/mol. The molecule has 1 aromatic carbocycles. The van der Waals surface area contributed by atoms with Crippen molar-refractivity contribution < 1.29 is 13.2 Å². The van der Waals surface area contributed by atoms with E-state index in [1.165, 1.54) is 4.90 Å². The van der Waals surface area contributed by atoms with Crippen molar-refractivity contribution in [3.05, 3.63) is 48.3 Å². The first-order valence-corrected chi connectivity index (χ1v) is 11.3. The number of aryl methyl sites for hydroxylation is 1. The number of carbonyl (C=O) groups excluding carboxylic acids is 1. The summed E-state index contributed by atoms with van der Waals surface area (Å²) in [5, 5.41) is -0.542. The van der Waals surface area contributed by atoms with Gasteiger partial charge < -0.3 is 4.98 Å². The van der Waals surface area contributed by atoms with Crippen molar-refractivity contribution in [3.63, 3.8) is 0 Å². The van der Waals surface area contributed by atoms with E-state index < -0.39 is 15.1 Å². The number of amides is 1. The molecular weight excluding hydrogens is 388 g/mol. The maximum absolute atomic E-state index is 13.1. The standard InChI is InChI=1S/C21H24N4O3S/c1-14-6-8-16(9-7-14)29(27,28)17-5-3-4-15(12-17)21(26)25(2)19-13-23-20-18(24-19)10-11-22-20/h6-11,13,15,17H,3-5,12H2,1-2H3,(H,22,23). The molecular formula is C21H24N4O3S. The third-order valence-electron chi connectivity index (χ3n) is 5.69. The maximum atomic E-state index is 13.1. The Hall–Kier alpha value is -2.74. The number of aromatic amines is 1. The molecule has 2 atom stereocenters. The molecule has 1 aliphatic rings. The van der Waals surface area contributed by atoms with Crippen LogP contribution in [0.5, 0.6) is 0 Å². The van der Waals surface area contributed by atoms with E-state index in [-0.39, 0.29) is 11.8 Å². The summed E-state index contributed by atoms with van der Waals surface area (Å²) in [6.07, 6.45) is 5.61. The molecule has 1 aliphatic carbocycles. The number of anilines is 1. The zero-order valence-corrected chi connectivity index (χ0v) is 17.3. The lowest BCUT2D eigenvalue weighted by atomic mass is 9.88. The number of nitrogens with one attached hydrogen (secondary N) is 1. The van der Waals surface area contributed by atoms with E-state index in [4.69, 9.17) is 0 Å². The van der Waals surface area contributed by atoms with E-state index in [0.29, 0.717) is 47.6 Å². The Bertz CT molecular complexity index is 1140. The van der Waals surface area contributed by atoms with Crippen molar-refractivity contribution in [3.8, 4) is 0 Å². The van der Waals surface area contributed by atoms with Gasteiger partial charge in [0.15, 0.2) is 21.3 Å². The minimum absolute atomic E-state index is 0.113. The number of fused-ring (bicyclic) bond motifs is 1. The number of rotatable bonds is 4. The van der Waals surface area contributed by atoms with Crippen molar-refractivity contribution in [1.29, 1.82) is 0 Å². The predicted octanol–water partition coefficient (Wildman–Crippen LogP) is 3.26. The number of hydrogen-bond donors (Lipinski definition) is 1. The van der Waals surface area contributed by atoms with Gasteiger partial charge in [-0.05, 0) is 44.4 Å². The molecule has 0 bridgehead atoms. The van der Waals surface area contributed by atoms with Crippen molar-refractivity contribution in [2.45, 2.75) is 42.8 Å². The van der Waals surface area contributed by atoms with Crippen LogP contribution in [-0.2, 0) is 14.6 Å². The summed E-state index contributed by atoms with van der Waals surface area (Å²) in [7, 11) is -1.79. The SMILES string of the molecule is Cc1ccc(S(=O)(=O)C2CCCC(C(=O)N(C)c3cnc4[nH]ccc4n3)C2)cc1. The normalized spacial score (nSPS) is 19.9. The van der Waals surface area contributed by atoms with Crippen LogP contribution in [0.15, 0.2) is 47.6 Å².